The van der Waals surface area contributed by atoms with Gasteiger partial charge >= 0.3 is 0 Å². The van der Waals surface area contributed by atoms with Gasteiger partial charge in [0.1, 0.15) is 5.67 Å². The third-order valence-corrected chi connectivity index (χ3v) is 13.5. The lowest BCUT2D eigenvalue weighted by atomic mass is 9.75. The average molecular weight is 681 g/mol. The lowest BCUT2D eigenvalue weighted by Gasteiger charge is -2.35. The number of halogens is 1. The highest BCUT2D eigenvalue weighted by molar-refractivity contribution is 5.68. The number of alkyl halides is 1. The molecule has 2 aliphatic heterocycles. The van der Waals surface area contributed by atoms with Crippen molar-refractivity contribution in [2.45, 2.75) is 120 Å². The van der Waals surface area contributed by atoms with Gasteiger partial charge in [0.05, 0.1) is 80.2 Å². The van der Waals surface area contributed by atoms with Crippen LogP contribution in [0.1, 0.15) is 120 Å². The van der Waals surface area contributed by atoms with Crippen LogP contribution in [0.25, 0.3) is 22.5 Å². The Morgan fingerprint density at radius 2 is 1.24 bits per heavy atom. The summed E-state index contributed by atoms with van der Waals surface area (Å²) < 4.78 is 30.3. The summed E-state index contributed by atoms with van der Waals surface area (Å²) in [6.07, 6.45) is 23.3. The molecule has 4 saturated carbocycles. The molecule has 3 atom stereocenters. The van der Waals surface area contributed by atoms with E-state index >= 15 is 4.39 Å². The molecule has 2 spiro atoms. The van der Waals surface area contributed by atoms with Gasteiger partial charge in [-0.2, -0.15) is 0 Å². The molecule has 10 heteroatoms. The van der Waals surface area contributed by atoms with Gasteiger partial charge in [-0.1, -0.05) is 0 Å². The highest BCUT2D eigenvalue weighted by Gasteiger charge is 2.50. The predicted octanol–water partition coefficient (Wildman–Crippen LogP) is 8.28. The first-order valence-electron chi connectivity index (χ1n) is 18.8. The molecule has 9 nitrogen and oxygen atoms in total. The normalized spacial score (nSPS) is 26.7. The van der Waals surface area contributed by atoms with Gasteiger partial charge in [-0.3, -0.25) is 0 Å². The molecule has 4 aromatic rings. The molecule has 264 valence electrons. The van der Waals surface area contributed by atoms with Crippen LogP contribution >= 0.6 is 0 Å². The van der Waals surface area contributed by atoms with E-state index in [2.05, 4.69) is 35.1 Å². The number of rotatable bonds is 8. The van der Waals surface area contributed by atoms with Crippen LogP contribution in [-0.4, -0.2) is 60.2 Å². The van der Waals surface area contributed by atoms with Crippen LogP contribution in [0.2, 0.25) is 0 Å². The lowest BCUT2D eigenvalue weighted by molar-refractivity contribution is 0.0555. The van der Waals surface area contributed by atoms with Crippen molar-refractivity contribution in [1.82, 2.24) is 29.1 Å². The second-order valence-electron chi connectivity index (χ2n) is 16.3. The minimum atomic E-state index is -1.00. The molecule has 4 aromatic heterocycles. The van der Waals surface area contributed by atoms with Crippen LogP contribution in [0, 0.1) is 16.7 Å². The summed E-state index contributed by atoms with van der Waals surface area (Å²) in [5.74, 6) is 1.67. The van der Waals surface area contributed by atoms with Crippen molar-refractivity contribution in [2.75, 3.05) is 14.2 Å². The summed E-state index contributed by atoms with van der Waals surface area (Å²) in [6, 6.07) is 7.98. The highest BCUT2D eigenvalue weighted by Crippen LogP contribution is 2.60. The number of aliphatic hydroxyl groups excluding tert-OH is 1. The molecule has 0 bridgehead atoms. The van der Waals surface area contributed by atoms with Crippen LogP contribution in [0.15, 0.2) is 49.3 Å². The Bertz CT molecular complexity index is 1860. The van der Waals surface area contributed by atoms with Gasteiger partial charge < -0.3 is 23.7 Å². The van der Waals surface area contributed by atoms with E-state index in [1.807, 2.05) is 43.2 Å². The van der Waals surface area contributed by atoms with Gasteiger partial charge in [-0.05, 0) is 119 Å². The Balaban J connectivity index is 0.000000135. The van der Waals surface area contributed by atoms with Gasteiger partial charge in [0.25, 0.3) is 0 Å². The summed E-state index contributed by atoms with van der Waals surface area (Å²) in [5, 5.41) is 10.9. The molecule has 4 aliphatic carbocycles. The molecule has 0 radical (unpaired) electrons. The lowest BCUT2D eigenvalue weighted by Crippen LogP contribution is -2.31. The number of pyridine rings is 2. The largest absolute Gasteiger partial charge is 0.481 e. The minimum Gasteiger partial charge on any atom is -0.481 e. The highest BCUT2D eigenvalue weighted by atomic mass is 19.1. The van der Waals surface area contributed by atoms with E-state index < -0.39 is 5.67 Å². The molecule has 10 rings (SSSR count). The van der Waals surface area contributed by atoms with E-state index in [0.29, 0.717) is 41.3 Å². The number of imidazole rings is 2. The van der Waals surface area contributed by atoms with Gasteiger partial charge in [0.15, 0.2) is 0 Å². The van der Waals surface area contributed by atoms with E-state index in [1.165, 1.54) is 51.4 Å². The summed E-state index contributed by atoms with van der Waals surface area (Å²) in [7, 11) is 3.28. The molecule has 0 amide bonds. The van der Waals surface area contributed by atoms with Crippen LogP contribution in [-0.2, 0) is 0 Å². The minimum absolute atomic E-state index is 0.0504. The van der Waals surface area contributed by atoms with Crippen molar-refractivity contribution in [3.63, 3.8) is 0 Å². The Kier molecular flexibility index (Phi) is 7.82. The topological polar surface area (TPSA) is 100 Å². The molecule has 0 saturated heterocycles. The van der Waals surface area contributed by atoms with Crippen molar-refractivity contribution in [3.05, 3.63) is 60.7 Å². The molecule has 6 heterocycles. The van der Waals surface area contributed by atoms with Crippen LogP contribution < -0.4 is 9.47 Å². The fourth-order valence-corrected chi connectivity index (χ4v) is 9.65. The first-order valence-corrected chi connectivity index (χ1v) is 18.8. The number of methoxy groups -OCH3 is 2. The molecular weight excluding hydrogens is 631 g/mol. The summed E-state index contributed by atoms with van der Waals surface area (Å²) in [6.45, 7) is 0. The SMILES string of the molecule is COc1ccc2c(n1)C(CC(O)C1CCC3(CC1)CC3)n1cncc1-2.COc1ccc2c(n1)C(CCC1(F)CCC3(CC1)CC3)n1cncc1-2. The summed E-state index contributed by atoms with van der Waals surface area (Å²) in [4.78, 5) is 17.9. The molecule has 1 N–H and O–H groups in total. The van der Waals surface area contributed by atoms with Crippen molar-refractivity contribution in [1.29, 1.82) is 0 Å². The third-order valence-electron chi connectivity index (χ3n) is 13.5. The predicted molar refractivity (Wildman–Crippen MR) is 188 cm³/mol. The van der Waals surface area contributed by atoms with Crippen molar-refractivity contribution >= 4 is 0 Å². The fourth-order valence-electron chi connectivity index (χ4n) is 9.65. The van der Waals surface area contributed by atoms with E-state index in [-0.39, 0.29) is 18.2 Å². The van der Waals surface area contributed by atoms with E-state index in [1.54, 1.807) is 14.2 Å². The second-order valence-corrected chi connectivity index (χ2v) is 16.3. The molecule has 50 heavy (non-hydrogen) atoms. The Hall–Kier alpha value is -3.79. The Morgan fingerprint density at radius 3 is 1.78 bits per heavy atom. The zero-order valence-electron chi connectivity index (χ0n) is 29.4. The summed E-state index contributed by atoms with van der Waals surface area (Å²) >= 11 is 0. The molecule has 3 unspecified atom stereocenters. The maximum Gasteiger partial charge on any atom is 0.213 e. The van der Waals surface area contributed by atoms with Crippen LogP contribution in [0.3, 0.4) is 0 Å². The number of ether oxygens (including phenoxy) is 2. The van der Waals surface area contributed by atoms with E-state index in [4.69, 9.17) is 9.47 Å². The van der Waals surface area contributed by atoms with Crippen LogP contribution in [0.4, 0.5) is 4.39 Å². The van der Waals surface area contributed by atoms with Gasteiger partial charge in [-0.25, -0.2) is 24.3 Å². The Morgan fingerprint density at radius 1 is 0.740 bits per heavy atom. The number of aliphatic hydroxyl groups is 1. The smallest absolute Gasteiger partial charge is 0.213 e. The van der Waals surface area contributed by atoms with Gasteiger partial charge in [0.2, 0.25) is 11.8 Å². The number of aromatic nitrogens is 6. The molecular formula is C40H49FN6O3. The number of fused-ring (bicyclic) bond motifs is 6. The summed E-state index contributed by atoms with van der Waals surface area (Å²) in [5.41, 5.74) is 6.56. The quantitative estimate of drug-likeness (QED) is 0.200. The van der Waals surface area contributed by atoms with Crippen molar-refractivity contribution < 1.29 is 19.0 Å². The van der Waals surface area contributed by atoms with E-state index in [9.17, 15) is 5.11 Å². The standard InChI is InChI=1S/C20H24FN3O.C20H25N3O2/c1-25-17-3-2-14-16-12-22-13-24(16)15(18(14)23-17)4-5-20(21)10-8-19(6-7-19)9-11-20;1-25-18-3-2-14-16-11-21-12-23(16)15(19(14)22-18)10-17(24)13-4-6-20(7-5-13)8-9-20/h2-3,12-13,15H,4-11H2,1H3;2-3,11-13,15,17,24H,4-10H2,1H3. The Labute approximate surface area is 293 Å². The molecule has 6 aliphatic rings. The number of hydrogen-bond donors (Lipinski definition) is 1. The van der Waals surface area contributed by atoms with Crippen molar-refractivity contribution in [3.8, 4) is 34.3 Å². The third kappa shape index (κ3) is 5.71. The fraction of sp³-hybridized carbons (Fsp3) is 0.600. The van der Waals surface area contributed by atoms with Crippen molar-refractivity contribution in [2.24, 2.45) is 16.7 Å². The zero-order chi connectivity index (χ0) is 34.1. The first kappa shape index (κ1) is 32.1. The monoisotopic (exact) mass is 680 g/mol. The van der Waals surface area contributed by atoms with Gasteiger partial charge in [-0.15, -0.1) is 0 Å². The first-order chi connectivity index (χ1) is 24.3. The maximum atomic E-state index is 15.4. The number of nitrogens with zero attached hydrogens (tertiary/aromatic N) is 6. The maximum absolute atomic E-state index is 15.4. The van der Waals surface area contributed by atoms with Crippen LogP contribution in [0.5, 0.6) is 11.8 Å². The molecule has 0 aromatic carbocycles. The molecule has 4 fully saturated rings. The number of hydrogen-bond acceptors (Lipinski definition) is 7. The van der Waals surface area contributed by atoms with Gasteiger partial charge in [0, 0.05) is 29.7 Å². The zero-order valence-corrected chi connectivity index (χ0v) is 29.4. The second kappa shape index (κ2) is 12.2. The average Bonchev–Trinajstić information content (AvgIpc) is 3.82. The van der Waals surface area contributed by atoms with E-state index in [0.717, 1.165) is 66.0 Å².